The van der Waals surface area contributed by atoms with Crippen molar-refractivity contribution in [3.05, 3.63) is 62.1 Å². The lowest BCUT2D eigenvalue weighted by atomic mass is 10.2. The number of hydrogen-bond donors (Lipinski definition) is 2. The molecule has 108 valence electrons. The van der Waals surface area contributed by atoms with Crippen LogP contribution in [0, 0.1) is 10.1 Å². The van der Waals surface area contributed by atoms with E-state index in [0.29, 0.717) is 5.56 Å². The second-order valence-corrected chi connectivity index (χ2v) is 4.11. The Balaban J connectivity index is 2.02. The lowest BCUT2D eigenvalue weighted by molar-refractivity contribution is -0.384. The summed E-state index contributed by atoms with van der Waals surface area (Å²) < 4.78 is 1.28. The molecule has 0 fully saturated rings. The van der Waals surface area contributed by atoms with Gasteiger partial charge in [-0.2, -0.15) is 5.10 Å². The number of benzene rings is 1. The average molecular weight is 289 g/mol. The Morgan fingerprint density at radius 3 is 2.62 bits per heavy atom. The summed E-state index contributed by atoms with van der Waals surface area (Å²) in [5.74, 6) is -0.547. The van der Waals surface area contributed by atoms with Crippen LogP contribution >= 0.6 is 0 Å². The van der Waals surface area contributed by atoms with Gasteiger partial charge in [-0.3, -0.25) is 29.5 Å². The second-order valence-electron chi connectivity index (χ2n) is 4.11. The molecule has 1 amide bonds. The quantitative estimate of drug-likeness (QED) is 0.480. The molecule has 0 unspecified atom stereocenters. The first-order valence-electron chi connectivity index (χ1n) is 5.81. The Labute approximate surface area is 118 Å². The summed E-state index contributed by atoms with van der Waals surface area (Å²) in [6.45, 7) is 0. The molecule has 0 saturated carbocycles. The molecule has 0 aliphatic heterocycles. The van der Waals surface area contributed by atoms with Crippen LogP contribution in [0.25, 0.3) is 0 Å². The molecule has 1 aromatic carbocycles. The van der Waals surface area contributed by atoms with Crippen molar-refractivity contribution in [2.45, 2.75) is 0 Å². The summed E-state index contributed by atoms with van der Waals surface area (Å²) in [5.41, 5.74) is 2.57. The lowest BCUT2D eigenvalue weighted by Gasteiger charge is -2.00. The number of aromatic amines is 1. The Bertz CT molecular complexity index is 757. The van der Waals surface area contributed by atoms with Crippen molar-refractivity contribution in [3.63, 3.8) is 0 Å². The number of hydrazone groups is 1. The highest BCUT2D eigenvalue weighted by atomic mass is 16.6. The largest absolute Gasteiger partial charge is 0.289 e. The molecule has 0 aliphatic carbocycles. The first kappa shape index (κ1) is 14.2. The summed E-state index contributed by atoms with van der Waals surface area (Å²) in [6.07, 6.45) is 1.34. The van der Waals surface area contributed by atoms with Crippen molar-refractivity contribution in [1.29, 1.82) is 0 Å². The van der Waals surface area contributed by atoms with Gasteiger partial charge in [-0.05, 0) is 17.7 Å². The third-order valence-electron chi connectivity index (χ3n) is 2.62. The maximum Gasteiger partial charge on any atom is 0.289 e. The number of aromatic nitrogens is 2. The number of amides is 1. The van der Waals surface area contributed by atoms with Crippen molar-refractivity contribution >= 4 is 17.8 Å². The molecule has 2 N–H and O–H groups in total. The smallest absolute Gasteiger partial charge is 0.283 e. The first-order valence-corrected chi connectivity index (χ1v) is 5.81. The van der Waals surface area contributed by atoms with E-state index in [1.807, 2.05) is 0 Å². The molecule has 1 heterocycles. The molecule has 21 heavy (non-hydrogen) atoms. The van der Waals surface area contributed by atoms with Gasteiger partial charge in [-0.15, -0.1) is 0 Å². The topological polar surface area (TPSA) is 122 Å². The van der Waals surface area contributed by atoms with Gasteiger partial charge in [0.1, 0.15) is 5.69 Å². The van der Waals surface area contributed by atoms with E-state index in [0.717, 1.165) is 6.07 Å². The maximum absolute atomic E-state index is 11.7. The van der Waals surface area contributed by atoms with Crippen LogP contribution in [0.5, 0.6) is 0 Å². The number of aryl methyl sites for hydroxylation is 1. The van der Waals surface area contributed by atoms with E-state index in [2.05, 4.69) is 15.6 Å². The first-order chi connectivity index (χ1) is 9.97. The number of nitro groups is 1. The number of H-pyrrole nitrogens is 1. The van der Waals surface area contributed by atoms with E-state index in [4.69, 9.17) is 0 Å². The van der Waals surface area contributed by atoms with Crippen LogP contribution in [-0.2, 0) is 7.05 Å². The fourth-order valence-electron chi connectivity index (χ4n) is 1.60. The molecule has 0 radical (unpaired) electrons. The summed E-state index contributed by atoms with van der Waals surface area (Å²) in [4.78, 5) is 32.8. The van der Waals surface area contributed by atoms with Crippen LogP contribution in [0.3, 0.4) is 0 Å². The number of nitro benzene ring substituents is 1. The molecule has 0 saturated heterocycles. The Morgan fingerprint density at radius 1 is 1.43 bits per heavy atom. The zero-order valence-corrected chi connectivity index (χ0v) is 10.9. The van der Waals surface area contributed by atoms with Crippen LogP contribution in [0.1, 0.15) is 16.1 Å². The van der Waals surface area contributed by atoms with Gasteiger partial charge < -0.3 is 0 Å². The van der Waals surface area contributed by atoms with E-state index in [-0.39, 0.29) is 16.9 Å². The summed E-state index contributed by atoms with van der Waals surface area (Å²) >= 11 is 0. The maximum atomic E-state index is 11.7. The molecular weight excluding hydrogens is 278 g/mol. The van der Waals surface area contributed by atoms with Gasteiger partial charge in [0.15, 0.2) is 0 Å². The fourth-order valence-corrected chi connectivity index (χ4v) is 1.60. The molecule has 0 spiro atoms. The third-order valence-corrected chi connectivity index (χ3v) is 2.62. The molecule has 9 nitrogen and oxygen atoms in total. The van der Waals surface area contributed by atoms with Crippen LogP contribution in [-0.4, -0.2) is 26.8 Å². The van der Waals surface area contributed by atoms with E-state index in [9.17, 15) is 19.7 Å². The van der Waals surface area contributed by atoms with Crippen molar-refractivity contribution in [1.82, 2.24) is 15.2 Å². The van der Waals surface area contributed by atoms with Crippen LogP contribution in [0.15, 0.2) is 40.2 Å². The molecule has 2 aromatic rings. The normalized spacial score (nSPS) is 10.7. The third kappa shape index (κ3) is 3.41. The second kappa shape index (κ2) is 5.82. The zero-order valence-electron chi connectivity index (χ0n) is 10.9. The highest BCUT2D eigenvalue weighted by Gasteiger charge is 2.09. The van der Waals surface area contributed by atoms with Gasteiger partial charge >= 0.3 is 0 Å². The predicted octanol–water partition coefficient (Wildman–Crippen LogP) is 0.385. The van der Waals surface area contributed by atoms with E-state index >= 15 is 0 Å². The Hall–Kier alpha value is -3.23. The van der Waals surface area contributed by atoms with Crippen molar-refractivity contribution in [3.8, 4) is 0 Å². The molecule has 0 atom stereocenters. The monoisotopic (exact) mass is 289 g/mol. The Kier molecular flexibility index (Phi) is 3.93. The minimum Gasteiger partial charge on any atom is -0.283 e. The van der Waals surface area contributed by atoms with Crippen molar-refractivity contribution in [2.24, 2.45) is 12.1 Å². The summed E-state index contributed by atoms with van der Waals surface area (Å²) in [7, 11) is 1.52. The van der Waals surface area contributed by atoms with E-state index < -0.39 is 10.8 Å². The fraction of sp³-hybridized carbons (Fsp3) is 0.0833. The SMILES string of the molecule is Cn1[nH]c(=O)cc1C(=O)NN=Cc1ccc([N+](=O)[O-])cc1. The molecular formula is C12H11N5O4. The zero-order chi connectivity index (χ0) is 15.4. The van der Waals surface area contributed by atoms with E-state index in [1.165, 1.54) is 42.2 Å². The van der Waals surface area contributed by atoms with Gasteiger partial charge in [0.25, 0.3) is 17.2 Å². The summed E-state index contributed by atoms with van der Waals surface area (Å²) in [5, 5.41) is 16.6. The number of nitrogens with zero attached hydrogens (tertiary/aromatic N) is 3. The molecule has 0 bridgehead atoms. The number of carbonyl (C=O) groups excluding carboxylic acids is 1. The molecule has 9 heteroatoms. The highest BCUT2D eigenvalue weighted by molar-refractivity contribution is 5.93. The van der Waals surface area contributed by atoms with Gasteiger partial charge in [0.2, 0.25) is 0 Å². The van der Waals surface area contributed by atoms with Gasteiger partial charge in [0.05, 0.1) is 11.1 Å². The average Bonchev–Trinajstić information content (AvgIpc) is 2.78. The highest BCUT2D eigenvalue weighted by Crippen LogP contribution is 2.10. The van der Waals surface area contributed by atoms with Crippen LogP contribution in [0.2, 0.25) is 0 Å². The number of rotatable bonds is 4. The number of non-ortho nitro benzene ring substituents is 1. The Morgan fingerprint density at radius 2 is 2.10 bits per heavy atom. The van der Waals surface area contributed by atoms with Gasteiger partial charge in [0, 0.05) is 25.2 Å². The van der Waals surface area contributed by atoms with Crippen molar-refractivity contribution in [2.75, 3.05) is 0 Å². The van der Waals surface area contributed by atoms with Crippen molar-refractivity contribution < 1.29 is 9.72 Å². The predicted molar refractivity (Wildman–Crippen MR) is 74.2 cm³/mol. The lowest BCUT2D eigenvalue weighted by Crippen LogP contribution is -2.20. The number of nitrogens with one attached hydrogen (secondary N) is 2. The number of hydrogen-bond acceptors (Lipinski definition) is 5. The van der Waals surface area contributed by atoms with Gasteiger partial charge in [-0.1, -0.05) is 0 Å². The van der Waals surface area contributed by atoms with Crippen LogP contribution < -0.4 is 11.0 Å². The minimum absolute atomic E-state index is 0.0292. The van der Waals surface area contributed by atoms with Gasteiger partial charge in [-0.25, -0.2) is 5.43 Å². The minimum atomic E-state index is -0.547. The van der Waals surface area contributed by atoms with E-state index in [1.54, 1.807) is 0 Å². The standard InChI is InChI=1S/C12H11N5O4/c1-16-10(6-11(18)15-16)12(19)14-13-7-8-2-4-9(5-3-8)17(20)21/h2-7H,1H3,(H,14,19)(H,15,18). The molecule has 0 aliphatic rings. The van der Waals surface area contributed by atoms with Crippen LogP contribution in [0.4, 0.5) is 5.69 Å². The number of carbonyl (C=O) groups is 1. The summed E-state index contributed by atoms with van der Waals surface area (Å²) in [6, 6.07) is 6.81. The molecule has 2 rings (SSSR count). The molecule has 1 aromatic heterocycles.